The molecule has 8 nitrogen and oxygen atoms in total. The van der Waals surface area contributed by atoms with Crippen molar-refractivity contribution in [1.29, 1.82) is 0 Å². The summed E-state index contributed by atoms with van der Waals surface area (Å²) in [5.74, 6) is 0.879. The maximum atomic E-state index is 12.5. The maximum Gasteiger partial charge on any atom is 0.268 e. The Morgan fingerprint density at radius 1 is 0.771 bits per heavy atom. The van der Waals surface area contributed by atoms with Crippen molar-refractivity contribution in [2.45, 2.75) is 38.7 Å². The number of aliphatic hydroxyl groups excluding tert-OH is 1. The number of hydrogen-bond donors (Lipinski definition) is 1. The molecule has 0 saturated carbocycles. The molecule has 0 fully saturated rings. The van der Waals surface area contributed by atoms with E-state index in [0.717, 1.165) is 40.5 Å². The highest BCUT2D eigenvalue weighted by atomic mass is 35.5. The third kappa shape index (κ3) is 9.43. The molecule has 2 heterocycles. The molecule has 6 aromatic rings. The number of para-hydroxylation sites is 1. The number of fused-ring (bicyclic) bond motifs is 2. The lowest BCUT2D eigenvalue weighted by atomic mass is 10.0. The van der Waals surface area contributed by atoms with E-state index in [1.54, 1.807) is 72.9 Å². The Morgan fingerprint density at radius 3 is 1.92 bits per heavy atom. The monoisotopic (exact) mass is 726 g/mol. The van der Waals surface area contributed by atoms with E-state index in [4.69, 9.17) is 32.4 Å². The van der Waals surface area contributed by atoms with Gasteiger partial charge in [0.1, 0.15) is 6.29 Å². The molecule has 1 N–H and O–H groups in total. The van der Waals surface area contributed by atoms with E-state index in [1.807, 2.05) is 74.1 Å². The van der Waals surface area contributed by atoms with Gasteiger partial charge in [-0.25, -0.2) is 12.4 Å². The van der Waals surface area contributed by atoms with Crippen molar-refractivity contribution in [2.75, 3.05) is 0 Å². The van der Waals surface area contributed by atoms with Gasteiger partial charge in [0.25, 0.3) is 10.0 Å². The number of aldehydes is 1. The fourth-order valence-corrected chi connectivity index (χ4v) is 6.78. The average Bonchev–Trinajstić information content (AvgIpc) is 3.67. The third-order valence-corrected chi connectivity index (χ3v) is 9.71. The first-order valence-electron chi connectivity index (χ1n) is 15.0. The summed E-state index contributed by atoms with van der Waals surface area (Å²) in [6, 6.07) is 32.0. The predicted molar refractivity (Wildman–Crippen MR) is 195 cm³/mol. The van der Waals surface area contributed by atoms with Gasteiger partial charge in [-0.3, -0.25) is 3.97 Å². The Balaban J connectivity index is 0.000000194. The molecule has 0 amide bonds. The van der Waals surface area contributed by atoms with Crippen LogP contribution in [0.1, 0.15) is 39.5 Å². The molecule has 0 spiro atoms. The summed E-state index contributed by atoms with van der Waals surface area (Å²) in [5, 5.41) is 13.5. The van der Waals surface area contributed by atoms with Gasteiger partial charge in [0.2, 0.25) is 0 Å². The van der Waals surface area contributed by atoms with E-state index in [9.17, 15) is 18.3 Å². The molecule has 12 heteroatoms. The van der Waals surface area contributed by atoms with E-state index in [0.29, 0.717) is 21.3 Å². The van der Waals surface area contributed by atoms with Gasteiger partial charge in [-0.05, 0) is 78.7 Å². The Kier molecular flexibility index (Phi) is 13.2. The number of aliphatic hydroxyl groups is 1. The quantitative estimate of drug-likeness (QED) is 0.0685. The van der Waals surface area contributed by atoms with Gasteiger partial charge in [0, 0.05) is 32.9 Å². The summed E-state index contributed by atoms with van der Waals surface area (Å²) >= 11 is 13.0. The predicted octanol–water partition coefficient (Wildman–Crippen LogP) is 9.78. The minimum atomic E-state index is -3.56. The molecule has 252 valence electrons. The first kappa shape index (κ1) is 37.1. The minimum Gasteiger partial charge on any atom is -0.387 e. The van der Waals surface area contributed by atoms with Crippen LogP contribution in [0.3, 0.4) is 0 Å². The van der Waals surface area contributed by atoms with Crippen molar-refractivity contribution >= 4 is 73.5 Å². The van der Waals surface area contributed by atoms with Gasteiger partial charge < -0.3 is 14.8 Å². The lowest BCUT2D eigenvalue weighted by Crippen LogP contribution is -2.11. The van der Waals surface area contributed by atoms with Gasteiger partial charge >= 0.3 is 0 Å². The SMILES string of the molecule is CC(C)C(O)c1cc2cc(Cl)ccc2n1SOOc1ccccc1.CC(C)C=O.O=S(=O)(c1ccccc1)n1ccc2cc(Cl)ccc21. The molecule has 6 rings (SSSR count). The molecule has 1 unspecified atom stereocenters. The van der Waals surface area contributed by atoms with E-state index in [1.165, 1.54) is 3.97 Å². The topological polar surface area (TPSA) is 99.8 Å². The van der Waals surface area contributed by atoms with Crippen molar-refractivity contribution in [1.82, 2.24) is 7.94 Å². The van der Waals surface area contributed by atoms with Crippen molar-refractivity contribution in [3.8, 4) is 5.75 Å². The minimum absolute atomic E-state index is 0.0687. The van der Waals surface area contributed by atoms with Gasteiger partial charge in [0.15, 0.2) is 18.0 Å². The summed E-state index contributed by atoms with van der Waals surface area (Å²) in [6.45, 7) is 7.64. The fourth-order valence-electron chi connectivity index (χ4n) is 4.38. The highest BCUT2D eigenvalue weighted by molar-refractivity contribution is 7.93. The van der Waals surface area contributed by atoms with Crippen LogP contribution in [0, 0.1) is 11.8 Å². The van der Waals surface area contributed by atoms with E-state index < -0.39 is 16.1 Å². The molecule has 0 bridgehead atoms. The summed E-state index contributed by atoms with van der Waals surface area (Å²) in [7, 11) is -3.56. The van der Waals surface area contributed by atoms with Crippen molar-refractivity contribution in [3.63, 3.8) is 0 Å². The summed E-state index contributed by atoms with van der Waals surface area (Å²) in [6.07, 6.45) is 1.84. The van der Waals surface area contributed by atoms with Crippen LogP contribution in [-0.4, -0.2) is 27.8 Å². The maximum absolute atomic E-state index is 12.5. The zero-order valence-electron chi connectivity index (χ0n) is 26.7. The first-order valence-corrected chi connectivity index (χ1v) is 17.9. The molecule has 0 aliphatic carbocycles. The standard InChI is InChI=1S/C18H18ClNO3S.C14H10ClNO2S.C4H8O/c1-12(2)18(21)17-11-13-10-14(19)8-9-16(13)20(17)24-23-22-15-6-4-3-5-7-15;15-12-6-7-14-11(10-12)8-9-16(14)19(17,18)13-4-2-1-3-5-13;1-4(2)3-5/h3-12,18,21H,1-2H3;1-10H;3-4H,1-2H3. The van der Waals surface area contributed by atoms with E-state index in [-0.39, 0.29) is 16.7 Å². The van der Waals surface area contributed by atoms with Gasteiger partial charge in [0.05, 0.1) is 27.7 Å². The highest BCUT2D eigenvalue weighted by Crippen LogP contribution is 2.34. The lowest BCUT2D eigenvalue weighted by Gasteiger charge is -2.16. The third-order valence-electron chi connectivity index (χ3n) is 6.85. The number of carbonyl (C=O) groups is 1. The van der Waals surface area contributed by atoms with Gasteiger partial charge in [-0.1, -0.05) is 91.6 Å². The van der Waals surface area contributed by atoms with Crippen LogP contribution >= 0.6 is 35.4 Å². The van der Waals surface area contributed by atoms with E-state index in [2.05, 4.69) is 0 Å². The van der Waals surface area contributed by atoms with Crippen LogP contribution in [0.2, 0.25) is 10.0 Å². The Hall–Kier alpha value is -3.77. The summed E-state index contributed by atoms with van der Waals surface area (Å²) in [4.78, 5) is 15.1. The molecular weight excluding hydrogens is 691 g/mol. The summed E-state index contributed by atoms with van der Waals surface area (Å²) in [5.41, 5.74) is 2.26. The second-order valence-corrected chi connectivity index (χ2v) is 14.6. The largest absolute Gasteiger partial charge is 0.387 e. The Bertz CT molecular complexity index is 2050. The van der Waals surface area contributed by atoms with Gasteiger partial charge in [-0.15, -0.1) is 0 Å². The molecule has 48 heavy (non-hydrogen) atoms. The number of aromatic nitrogens is 2. The van der Waals surface area contributed by atoms with E-state index >= 15 is 0 Å². The number of halogens is 2. The highest BCUT2D eigenvalue weighted by Gasteiger charge is 2.21. The van der Waals surface area contributed by atoms with Crippen molar-refractivity contribution in [2.24, 2.45) is 11.8 Å². The number of hydrogen-bond acceptors (Lipinski definition) is 7. The number of carbonyl (C=O) groups excluding carboxylic acids is 1. The van der Waals surface area contributed by atoms with Crippen molar-refractivity contribution < 1.29 is 27.5 Å². The molecule has 0 saturated heterocycles. The Morgan fingerprint density at radius 2 is 1.33 bits per heavy atom. The molecule has 0 aliphatic rings. The van der Waals surface area contributed by atoms with Crippen LogP contribution in [0.25, 0.3) is 21.8 Å². The zero-order chi connectivity index (χ0) is 34.8. The zero-order valence-corrected chi connectivity index (χ0v) is 29.9. The second kappa shape index (κ2) is 17.1. The van der Waals surface area contributed by atoms with Crippen LogP contribution < -0.4 is 4.89 Å². The summed E-state index contributed by atoms with van der Waals surface area (Å²) < 4.78 is 33.4. The molecule has 1 atom stereocenters. The number of rotatable bonds is 9. The molecule has 0 radical (unpaired) electrons. The number of nitrogens with zero attached hydrogens (tertiary/aromatic N) is 2. The van der Waals surface area contributed by atoms with Crippen molar-refractivity contribution in [3.05, 3.63) is 131 Å². The van der Waals surface area contributed by atoms with Crippen LogP contribution in [-0.2, 0) is 19.2 Å². The van der Waals surface area contributed by atoms with Gasteiger partial charge in [-0.2, -0.15) is 0 Å². The fraction of sp³-hybridized carbons (Fsp3) is 0.194. The number of benzene rings is 4. The van der Waals surface area contributed by atoms with Crippen LogP contribution in [0.15, 0.2) is 120 Å². The molecular formula is C36H36Cl2N2O6S2. The second-order valence-electron chi connectivity index (χ2n) is 11.3. The molecule has 0 aliphatic heterocycles. The molecule has 4 aromatic carbocycles. The Labute approximate surface area is 295 Å². The average molecular weight is 728 g/mol. The molecule has 2 aromatic heterocycles. The smallest absolute Gasteiger partial charge is 0.268 e. The normalized spacial score (nSPS) is 11.9. The first-order chi connectivity index (χ1) is 22.9. The van der Waals surface area contributed by atoms with Crippen LogP contribution in [0.4, 0.5) is 0 Å². The lowest BCUT2D eigenvalue weighted by molar-refractivity contribution is -0.110. The van der Waals surface area contributed by atoms with Crippen LogP contribution in [0.5, 0.6) is 5.75 Å².